The van der Waals surface area contributed by atoms with Gasteiger partial charge in [-0.2, -0.15) is 0 Å². The zero-order valence-electron chi connectivity index (χ0n) is 45.8. The van der Waals surface area contributed by atoms with Gasteiger partial charge in [0.05, 0.1) is 13.2 Å². The number of nitrogens with one attached hydrogen (secondary N) is 2. The van der Waals surface area contributed by atoms with Crippen molar-refractivity contribution in [1.29, 1.82) is 0 Å². The first kappa shape index (κ1) is 56.7. The molecule has 2 amide bonds. The Bertz CT molecular complexity index is 2580. The van der Waals surface area contributed by atoms with E-state index in [0.717, 1.165) is 89.9 Å². The van der Waals surface area contributed by atoms with E-state index in [1.165, 1.54) is 44.5 Å². The molecule has 0 aromatic heterocycles. The van der Waals surface area contributed by atoms with Crippen molar-refractivity contribution in [3.63, 3.8) is 0 Å². The number of anilines is 2. The van der Waals surface area contributed by atoms with Gasteiger partial charge in [-0.05, 0) is 175 Å². The Balaban J connectivity index is 0.647. The van der Waals surface area contributed by atoms with Gasteiger partial charge in [0.1, 0.15) is 11.5 Å². The van der Waals surface area contributed by atoms with Gasteiger partial charge in [0.2, 0.25) is 0 Å². The number of amides is 2. The zero-order chi connectivity index (χ0) is 54.6. The van der Waals surface area contributed by atoms with Crippen molar-refractivity contribution < 1.29 is 38.1 Å². The van der Waals surface area contributed by atoms with Gasteiger partial charge in [-0.25, -0.2) is 9.59 Å². The van der Waals surface area contributed by atoms with Crippen LogP contribution in [0.5, 0.6) is 11.5 Å². The Kier molecular flexibility index (Phi) is 20.9. The highest BCUT2D eigenvalue weighted by molar-refractivity contribution is 5.97. The van der Waals surface area contributed by atoms with Crippen LogP contribution in [0, 0.1) is 39.5 Å². The fourth-order valence-electron chi connectivity index (χ4n) is 10.7. The molecule has 2 N–H and O–H groups in total. The van der Waals surface area contributed by atoms with Crippen molar-refractivity contribution in [3.05, 3.63) is 202 Å². The Morgan fingerprint density at radius 2 is 0.744 bits per heavy atom. The van der Waals surface area contributed by atoms with Crippen molar-refractivity contribution >= 4 is 35.1 Å². The van der Waals surface area contributed by atoms with Crippen LogP contribution in [0.25, 0.3) is 0 Å². The second kappa shape index (κ2) is 28.7. The number of aryl methyl sites for hydroxylation is 4. The molecule has 12 heteroatoms. The number of carbonyl (C=O) groups is 4. The summed E-state index contributed by atoms with van der Waals surface area (Å²) in [5, 5.41) is 5.36. The number of esters is 2. The lowest BCUT2D eigenvalue weighted by atomic mass is 9.76. The second-order valence-corrected chi connectivity index (χ2v) is 21.1. The summed E-state index contributed by atoms with van der Waals surface area (Å²) in [5.74, 6) is 0.396. The summed E-state index contributed by atoms with van der Waals surface area (Å²) in [5.41, 5.74) is 11.7. The molecule has 6 aromatic rings. The summed E-state index contributed by atoms with van der Waals surface area (Å²) in [6.45, 7) is 14.8. The van der Waals surface area contributed by atoms with Crippen molar-refractivity contribution in [2.45, 2.75) is 78.1 Å². The first-order chi connectivity index (χ1) is 37.9. The molecule has 8 rings (SSSR count). The van der Waals surface area contributed by atoms with Gasteiger partial charge in [0, 0.05) is 48.5 Å². The third-order valence-electron chi connectivity index (χ3n) is 15.1. The lowest BCUT2D eigenvalue weighted by Crippen LogP contribution is -2.36. The predicted molar refractivity (Wildman–Crippen MR) is 308 cm³/mol. The van der Waals surface area contributed by atoms with Crippen LogP contribution in [0.3, 0.4) is 0 Å². The number of nitrogens with zero attached hydrogens (tertiary/aromatic N) is 2. The van der Waals surface area contributed by atoms with E-state index in [-0.39, 0.29) is 0 Å². The van der Waals surface area contributed by atoms with Crippen molar-refractivity contribution in [1.82, 2.24) is 9.80 Å². The smallest absolute Gasteiger partial charge is 0.331 e. The molecule has 6 aromatic carbocycles. The maximum absolute atomic E-state index is 12.5. The highest BCUT2D eigenvalue weighted by atomic mass is 16.5. The van der Waals surface area contributed by atoms with Crippen LogP contribution >= 0.6 is 0 Å². The Morgan fingerprint density at radius 3 is 1.04 bits per heavy atom. The number of rotatable bonds is 24. The third-order valence-corrected chi connectivity index (χ3v) is 15.1. The van der Waals surface area contributed by atoms with Crippen molar-refractivity contribution in [2.75, 3.05) is 76.3 Å². The van der Waals surface area contributed by atoms with Crippen LogP contribution in [-0.4, -0.2) is 99.2 Å². The van der Waals surface area contributed by atoms with Crippen LogP contribution in [-0.2, 0) is 28.7 Å². The maximum atomic E-state index is 12.5. The van der Waals surface area contributed by atoms with Gasteiger partial charge in [-0.1, -0.05) is 119 Å². The summed E-state index contributed by atoms with van der Waals surface area (Å²) in [7, 11) is 0. The molecule has 2 saturated heterocycles. The molecule has 0 atom stereocenters. The fourth-order valence-corrected chi connectivity index (χ4v) is 10.7. The highest BCUT2D eigenvalue weighted by Gasteiger charge is 2.30. The van der Waals surface area contributed by atoms with Gasteiger partial charge in [-0.15, -0.1) is 0 Å². The highest BCUT2D eigenvalue weighted by Crippen LogP contribution is 2.40. The number of hydrogen-bond acceptors (Lipinski definition) is 10. The minimum absolute atomic E-state index is 0.393. The first-order valence-corrected chi connectivity index (χ1v) is 27.7. The Labute approximate surface area is 461 Å². The Hall–Kier alpha value is -7.54. The number of benzene rings is 6. The van der Waals surface area contributed by atoms with Crippen LogP contribution in [0.4, 0.5) is 11.4 Å². The summed E-state index contributed by atoms with van der Waals surface area (Å²) in [4.78, 5) is 54.5. The van der Waals surface area contributed by atoms with Crippen LogP contribution < -0.4 is 20.1 Å². The number of hydrogen-bond donors (Lipinski definition) is 2. The average Bonchev–Trinajstić information content (AvgIpc) is 3.53. The van der Waals surface area contributed by atoms with E-state index >= 15 is 0 Å². The molecule has 2 aliphatic heterocycles. The van der Waals surface area contributed by atoms with Crippen LogP contribution in [0.1, 0.15) is 94.9 Å². The van der Waals surface area contributed by atoms with Crippen molar-refractivity contribution in [3.8, 4) is 11.5 Å². The fraction of sp³-hybridized carbons (Fsp3) is 0.364. The third kappa shape index (κ3) is 17.5. The number of likely N-dealkylation sites (tertiary alicyclic amines) is 2. The van der Waals surface area contributed by atoms with Gasteiger partial charge in [0.15, 0.2) is 13.2 Å². The largest absolute Gasteiger partial charge is 0.494 e. The summed E-state index contributed by atoms with van der Waals surface area (Å²) < 4.78 is 22.0. The monoisotopic (exact) mass is 1050 g/mol. The van der Waals surface area contributed by atoms with Crippen LogP contribution in [0.15, 0.2) is 158 Å². The molecule has 0 radical (unpaired) electrons. The van der Waals surface area contributed by atoms with Gasteiger partial charge in [0.25, 0.3) is 11.8 Å². The summed E-state index contributed by atoms with van der Waals surface area (Å²) in [6, 6.07) is 50.2. The molecule has 2 aliphatic rings. The van der Waals surface area contributed by atoms with Gasteiger partial charge in [-0.3, -0.25) is 9.59 Å². The normalized spacial score (nSPS) is 14.6. The number of ether oxygens (including phenoxy) is 4. The standard InChI is InChI=1S/C66H76N4O8/c1-47-7-15-51(16-8-47)65(52-17-9-48(2)10-18-52)55-33-39-69(40-34-55)37-5-43-75-59-27-23-57(24-28-59)67-61(71)45-77-63(73)31-32-64(74)78-46-62(72)68-58-25-29-60(30-26-58)76-44-6-38-70-41-35-56(36-42-70)66(53-19-11-49(3)12-20-53)54-21-13-50(4)14-22-54/h7-32,55-56,65-66H,5-6,33-46H2,1-4H3,(H,67,71)(H,68,72)/b32-31+. The lowest BCUT2D eigenvalue weighted by Gasteiger charge is -2.36. The molecule has 2 heterocycles. The minimum atomic E-state index is -0.919. The minimum Gasteiger partial charge on any atom is -0.494 e. The summed E-state index contributed by atoms with van der Waals surface area (Å²) in [6.07, 6.45) is 8.07. The van der Waals surface area contributed by atoms with Crippen LogP contribution in [0.2, 0.25) is 0 Å². The molecule has 78 heavy (non-hydrogen) atoms. The van der Waals surface area contributed by atoms with E-state index < -0.39 is 37.0 Å². The topological polar surface area (TPSA) is 136 Å². The lowest BCUT2D eigenvalue weighted by molar-refractivity contribution is -0.144. The van der Waals surface area contributed by atoms with E-state index in [2.05, 4.69) is 145 Å². The zero-order valence-corrected chi connectivity index (χ0v) is 45.8. The molecular formula is C66H76N4O8. The maximum Gasteiger partial charge on any atom is 0.331 e. The second-order valence-electron chi connectivity index (χ2n) is 21.1. The van der Waals surface area contributed by atoms with E-state index in [1.54, 1.807) is 48.5 Å². The van der Waals surface area contributed by atoms with E-state index in [4.69, 9.17) is 18.9 Å². The molecule has 408 valence electrons. The molecule has 0 aliphatic carbocycles. The first-order valence-electron chi connectivity index (χ1n) is 27.7. The van der Waals surface area contributed by atoms with Gasteiger partial charge < -0.3 is 39.4 Å². The average molecular weight is 1050 g/mol. The van der Waals surface area contributed by atoms with E-state index in [0.29, 0.717) is 59.8 Å². The number of piperidine rings is 2. The van der Waals surface area contributed by atoms with Crippen molar-refractivity contribution in [2.24, 2.45) is 11.8 Å². The molecule has 0 saturated carbocycles. The molecule has 0 spiro atoms. The number of carbonyl (C=O) groups excluding carboxylic acids is 4. The molecular weight excluding hydrogens is 977 g/mol. The van der Waals surface area contributed by atoms with E-state index in [9.17, 15) is 19.2 Å². The molecule has 12 nitrogen and oxygen atoms in total. The predicted octanol–water partition coefficient (Wildman–Crippen LogP) is 11.8. The SMILES string of the molecule is Cc1ccc(C(c2ccc(C)cc2)C2CCN(CCCOc3ccc(NC(=O)COC(=O)/C=C/C(=O)OCC(=O)Nc4ccc(OCCCN5CCC(C(c6ccc(C)cc6)c6ccc(C)cc6)CC5)cc4)cc3)CC2)cc1. The quantitative estimate of drug-likeness (QED) is 0.0343. The van der Waals surface area contributed by atoms with E-state index in [1.807, 2.05) is 0 Å². The Morgan fingerprint density at radius 1 is 0.449 bits per heavy atom. The summed E-state index contributed by atoms with van der Waals surface area (Å²) >= 11 is 0. The molecule has 0 unspecified atom stereocenters. The molecule has 2 fully saturated rings. The molecule has 0 bridgehead atoms. The van der Waals surface area contributed by atoms with Gasteiger partial charge >= 0.3 is 11.9 Å².